The molecule has 1 aliphatic rings. The first-order valence-electron chi connectivity index (χ1n) is 10.7. The van der Waals surface area contributed by atoms with Crippen molar-refractivity contribution in [2.24, 2.45) is 0 Å². The average molecular weight is 460 g/mol. The van der Waals surface area contributed by atoms with Gasteiger partial charge in [-0.3, -0.25) is 9.47 Å². The van der Waals surface area contributed by atoms with Crippen molar-refractivity contribution in [2.75, 3.05) is 13.7 Å². The fourth-order valence-corrected chi connectivity index (χ4v) is 5.79. The summed E-state index contributed by atoms with van der Waals surface area (Å²) in [5.74, 6) is 1.61. The molecule has 0 fully saturated rings. The zero-order valence-electron chi connectivity index (χ0n) is 18.0. The van der Waals surface area contributed by atoms with Crippen LogP contribution in [0.15, 0.2) is 53.8 Å². The van der Waals surface area contributed by atoms with Crippen molar-refractivity contribution >= 4 is 27.2 Å². The van der Waals surface area contributed by atoms with E-state index in [1.54, 1.807) is 30.8 Å². The van der Waals surface area contributed by atoms with Gasteiger partial charge in [0, 0.05) is 30.4 Å². The predicted molar refractivity (Wildman–Crippen MR) is 125 cm³/mol. The van der Waals surface area contributed by atoms with Crippen LogP contribution in [-0.2, 0) is 26.1 Å². The van der Waals surface area contributed by atoms with Crippen molar-refractivity contribution in [3.05, 3.63) is 81.4 Å². The number of nitrogens with zero attached hydrogens (tertiary/aromatic N) is 7. The lowest BCUT2D eigenvalue weighted by Crippen LogP contribution is -2.30. The van der Waals surface area contributed by atoms with Crippen molar-refractivity contribution in [1.82, 2.24) is 34.0 Å². The number of rotatable bonds is 5. The first-order valence-corrected chi connectivity index (χ1v) is 11.5. The molecule has 9 nitrogen and oxygen atoms in total. The number of benzene rings is 1. The molecule has 0 unspecified atom stereocenters. The van der Waals surface area contributed by atoms with Gasteiger partial charge in [0.25, 0.3) is 0 Å². The molecule has 1 aliphatic heterocycles. The Morgan fingerprint density at radius 1 is 1.09 bits per heavy atom. The molecule has 33 heavy (non-hydrogen) atoms. The van der Waals surface area contributed by atoms with Crippen molar-refractivity contribution in [1.29, 1.82) is 0 Å². The van der Waals surface area contributed by atoms with E-state index in [0.29, 0.717) is 18.7 Å². The number of ether oxygens (including phenoxy) is 1. The van der Waals surface area contributed by atoms with Gasteiger partial charge in [-0.15, -0.1) is 11.3 Å². The van der Waals surface area contributed by atoms with Crippen LogP contribution in [0.25, 0.3) is 15.9 Å². The largest absolute Gasteiger partial charge is 0.497 e. The smallest absolute Gasteiger partial charge is 0.352 e. The summed E-state index contributed by atoms with van der Waals surface area (Å²) in [5.41, 5.74) is 2.74. The van der Waals surface area contributed by atoms with E-state index in [9.17, 15) is 4.79 Å². The van der Waals surface area contributed by atoms with Crippen LogP contribution in [0.4, 0.5) is 0 Å². The lowest BCUT2D eigenvalue weighted by molar-refractivity contribution is 0.243. The highest BCUT2D eigenvalue weighted by Crippen LogP contribution is 2.36. The minimum absolute atomic E-state index is 0.182. The maximum Gasteiger partial charge on any atom is 0.352 e. The van der Waals surface area contributed by atoms with Gasteiger partial charge in [0.2, 0.25) is 0 Å². The Morgan fingerprint density at radius 3 is 2.70 bits per heavy atom. The van der Waals surface area contributed by atoms with Gasteiger partial charge in [-0.25, -0.2) is 19.7 Å². The van der Waals surface area contributed by atoms with Gasteiger partial charge >= 0.3 is 5.69 Å². The summed E-state index contributed by atoms with van der Waals surface area (Å²) in [6, 6.07) is 9.62. The van der Waals surface area contributed by atoms with E-state index >= 15 is 0 Å². The SMILES string of the molecule is COc1ccc(Cn2c(=O)n3ncnc3c3c4c(sc32)CN(Cc2ncccn2)CC4)cc1. The molecule has 0 atom stereocenters. The highest BCUT2D eigenvalue weighted by molar-refractivity contribution is 7.19. The highest BCUT2D eigenvalue weighted by atomic mass is 32.1. The van der Waals surface area contributed by atoms with Gasteiger partial charge in [-0.1, -0.05) is 12.1 Å². The van der Waals surface area contributed by atoms with Crippen LogP contribution in [0.1, 0.15) is 21.8 Å². The fourth-order valence-electron chi connectivity index (χ4n) is 4.42. The second-order valence-corrected chi connectivity index (χ2v) is 9.11. The number of thiophene rings is 1. The molecule has 0 N–H and O–H groups in total. The first kappa shape index (κ1) is 20.0. The molecule has 0 bridgehead atoms. The molecule has 6 rings (SSSR count). The summed E-state index contributed by atoms with van der Waals surface area (Å²) in [6.45, 7) is 2.85. The summed E-state index contributed by atoms with van der Waals surface area (Å²) >= 11 is 1.67. The first-order chi connectivity index (χ1) is 16.2. The quantitative estimate of drug-likeness (QED) is 0.399. The number of aromatic nitrogens is 6. The minimum Gasteiger partial charge on any atom is -0.497 e. The molecular formula is C23H21N7O2S. The van der Waals surface area contributed by atoms with Gasteiger partial charge in [0.05, 0.1) is 25.6 Å². The van der Waals surface area contributed by atoms with Crippen LogP contribution in [0, 0.1) is 0 Å². The average Bonchev–Trinajstić information content (AvgIpc) is 3.47. The maximum absolute atomic E-state index is 13.3. The molecule has 0 aliphatic carbocycles. The van der Waals surface area contributed by atoms with Gasteiger partial charge in [0.15, 0.2) is 5.65 Å². The lowest BCUT2D eigenvalue weighted by Gasteiger charge is -2.25. The standard InChI is InChI=1S/C23H21N7O2S/c1-32-16-5-3-15(4-6-16)11-29-22-20(21-26-14-27-30(21)23(29)31)17-7-10-28(12-18(17)33-22)13-19-24-8-2-9-25-19/h2-6,8-9,14H,7,10-13H2,1H3. The van der Waals surface area contributed by atoms with Crippen LogP contribution in [0.5, 0.6) is 5.75 Å². The topological polar surface area (TPSA) is 90.4 Å². The summed E-state index contributed by atoms with van der Waals surface area (Å²) in [5, 5.41) is 5.27. The molecule has 0 saturated heterocycles. The third-order valence-electron chi connectivity index (χ3n) is 6.03. The molecule has 0 spiro atoms. The third kappa shape index (κ3) is 3.47. The second-order valence-electron chi connectivity index (χ2n) is 8.02. The molecule has 0 saturated carbocycles. The fraction of sp³-hybridized carbons (Fsp3) is 0.261. The van der Waals surface area contributed by atoms with Gasteiger partial charge < -0.3 is 4.74 Å². The molecule has 4 aromatic heterocycles. The molecule has 166 valence electrons. The number of methoxy groups -OCH3 is 1. The Bertz CT molecular complexity index is 1510. The Balaban J connectivity index is 1.43. The molecule has 10 heteroatoms. The van der Waals surface area contributed by atoms with E-state index in [0.717, 1.165) is 46.9 Å². The number of hydrogen-bond acceptors (Lipinski definition) is 8. The van der Waals surface area contributed by atoms with E-state index in [4.69, 9.17) is 4.74 Å². The Morgan fingerprint density at radius 2 is 1.91 bits per heavy atom. The zero-order chi connectivity index (χ0) is 22.4. The second kappa shape index (κ2) is 8.05. The van der Waals surface area contributed by atoms with Crippen molar-refractivity contribution in [3.8, 4) is 5.75 Å². The third-order valence-corrected chi connectivity index (χ3v) is 7.27. The van der Waals surface area contributed by atoms with Crippen LogP contribution in [-0.4, -0.2) is 47.7 Å². The van der Waals surface area contributed by atoms with Crippen LogP contribution in [0.3, 0.4) is 0 Å². The lowest BCUT2D eigenvalue weighted by atomic mass is 10.1. The number of fused-ring (bicyclic) bond motifs is 5. The van der Waals surface area contributed by atoms with Gasteiger partial charge in [0.1, 0.15) is 22.7 Å². The molecule has 0 amide bonds. The van der Waals surface area contributed by atoms with Gasteiger partial charge in [-0.05, 0) is 35.7 Å². The molecular weight excluding hydrogens is 438 g/mol. The van der Waals surface area contributed by atoms with E-state index in [1.165, 1.54) is 21.3 Å². The van der Waals surface area contributed by atoms with Gasteiger partial charge in [-0.2, -0.15) is 9.61 Å². The highest BCUT2D eigenvalue weighted by Gasteiger charge is 2.26. The Kier molecular flexibility index (Phi) is 4.88. The van der Waals surface area contributed by atoms with Crippen LogP contribution >= 0.6 is 11.3 Å². The minimum atomic E-state index is -0.182. The summed E-state index contributed by atoms with van der Waals surface area (Å²) < 4.78 is 8.50. The van der Waals surface area contributed by atoms with E-state index in [-0.39, 0.29) is 5.69 Å². The Hall–Kier alpha value is -3.63. The van der Waals surface area contributed by atoms with E-state index in [1.807, 2.05) is 34.9 Å². The molecule has 5 aromatic rings. The normalized spacial score (nSPS) is 14.1. The summed E-state index contributed by atoms with van der Waals surface area (Å²) in [6.07, 6.45) is 5.89. The predicted octanol–water partition coefficient (Wildman–Crippen LogP) is 2.51. The maximum atomic E-state index is 13.3. The van der Waals surface area contributed by atoms with Crippen molar-refractivity contribution in [3.63, 3.8) is 0 Å². The Labute approximate surface area is 192 Å². The number of hydrogen-bond donors (Lipinski definition) is 0. The van der Waals surface area contributed by atoms with E-state index in [2.05, 4.69) is 25.0 Å². The van der Waals surface area contributed by atoms with Crippen molar-refractivity contribution in [2.45, 2.75) is 26.1 Å². The van der Waals surface area contributed by atoms with Crippen LogP contribution in [0.2, 0.25) is 0 Å². The molecule has 1 aromatic carbocycles. The summed E-state index contributed by atoms with van der Waals surface area (Å²) in [4.78, 5) is 31.0. The molecule has 0 radical (unpaired) electrons. The van der Waals surface area contributed by atoms with Crippen molar-refractivity contribution < 1.29 is 4.74 Å². The van der Waals surface area contributed by atoms with E-state index < -0.39 is 0 Å². The molecule has 5 heterocycles. The van der Waals surface area contributed by atoms with Crippen LogP contribution < -0.4 is 10.4 Å². The summed E-state index contributed by atoms with van der Waals surface area (Å²) in [7, 11) is 1.64. The monoisotopic (exact) mass is 459 g/mol. The zero-order valence-corrected chi connectivity index (χ0v) is 18.8.